The Hall–Kier alpha value is -1.06. The maximum atomic E-state index is 8.76. The van der Waals surface area contributed by atoms with Crippen molar-refractivity contribution < 1.29 is 9.84 Å². The summed E-state index contributed by atoms with van der Waals surface area (Å²) in [5.41, 5.74) is 2.42. The standard InChI is InChI=1S/C13H19NO2/c1-10-2-5-13(16-7-6-15)11(8-10)9-14-12-3-4-12/h2,5,8,12,14-15H,3-4,6-7,9H2,1H3. The Balaban J connectivity index is 2.01. The molecule has 1 saturated carbocycles. The summed E-state index contributed by atoms with van der Waals surface area (Å²) in [7, 11) is 0. The van der Waals surface area contributed by atoms with E-state index in [4.69, 9.17) is 9.84 Å². The highest BCUT2D eigenvalue weighted by molar-refractivity contribution is 5.36. The maximum absolute atomic E-state index is 8.76. The SMILES string of the molecule is Cc1ccc(OCCO)c(CNC2CC2)c1. The molecule has 1 aliphatic carbocycles. The van der Waals surface area contributed by atoms with Crippen LogP contribution in [-0.4, -0.2) is 24.4 Å². The molecule has 0 radical (unpaired) electrons. The normalized spacial score (nSPS) is 15.1. The lowest BCUT2D eigenvalue weighted by atomic mass is 10.1. The summed E-state index contributed by atoms with van der Waals surface area (Å²) in [5, 5.41) is 12.2. The van der Waals surface area contributed by atoms with Crippen molar-refractivity contribution in [1.29, 1.82) is 0 Å². The molecule has 3 nitrogen and oxygen atoms in total. The van der Waals surface area contributed by atoms with Gasteiger partial charge in [0.25, 0.3) is 0 Å². The van der Waals surface area contributed by atoms with Crippen LogP contribution in [0.3, 0.4) is 0 Å². The van der Waals surface area contributed by atoms with Crippen LogP contribution in [0, 0.1) is 6.92 Å². The van der Waals surface area contributed by atoms with Crippen molar-refractivity contribution in [3.05, 3.63) is 29.3 Å². The molecule has 0 spiro atoms. The van der Waals surface area contributed by atoms with Crippen LogP contribution in [0.2, 0.25) is 0 Å². The van der Waals surface area contributed by atoms with E-state index in [1.807, 2.05) is 12.1 Å². The molecule has 1 aliphatic rings. The molecule has 0 saturated heterocycles. The second kappa shape index (κ2) is 5.32. The number of aliphatic hydroxyl groups is 1. The van der Waals surface area contributed by atoms with E-state index in [-0.39, 0.29) is 6.61 Å². The first kappa shape index (κ1) is 11.4. The van der Waals surface area contributed by atoms with Crippen LogP contribution >= 0.6 is 0 Å². The number of ether oxygens (including phenoxy) is 1. The average molecular weight is 221 g/mol. The summed E-state index contributed by atoms with van der Waals surface area (Å²) in [5.74, 6) is 0.882. The molecule has 0 unspecified atom stereocenters. The van der Waals surface area contributed by atoms with Crippen molar-refractivity contribution in [3.63, 3.8) is 0 Å². The number of benzene rings is 1. The molecule has 0 heterocycles. The summed E-state index contributed by atoms with van der Waals surface area (Å²) in [6.45, 7) is 3.35. The van der Waals surface area contributed by atoms with Crippen LogP contribution in [0.1, 0.15) is 24.0 Å². The minimum atomic E-state index is 0.0589. The van der Waals surface area contributed by atoms with Crippen molar-refractivity contribution in [2.24, 2.45) is 0 Å². The van der Waals surface area contributed by atoms with E-state index in [1.54, 1.807) is 0 Å². The Bertz CT molecular complexity index is 348. The fourth-order valence-corrected chi connectivity index (χ4v) is 1.68. The van der Waals surface area contributed by atoms with E-state index in [0.717, 1.165) is 12.3 Å². The highest BCUT2D eigenvalue weighted by atomic mass is 16.5. The summed E-state index contributed by atoms with van der Waals surface area (Å²) >= 11 is 0. The molecule has 1 aromatic rings. The smallest absolute Gasteiger partial charge is 0.123 e. The number of aryl methyl sites for hydroxylation is 1. The van der Waals surface area contributed by atoms with Gasteiger partial charge in [0.15, 0.2) is 0 Å². The summed E-state index contributed by atoms with van der Waals surface area (Å²) < 4.78 is 5.50. The van der Waals surface area contributed by atoms with Crippen LogP contribution in [0.4, 0.5) is 0 Å². The average Bonchev–Trinajstić information content (AvgIpc) is 3.09. The lowest BCUT2D eigenvalue weighted by Gasteiger charge is -2.12. The number of aliphatic hydroxyl groups excluding tert-OH is 1. The van der Waals surface area contributed by atoms with Crippen molar-refractivity contribution >= 4 is 0 Å². The predicted molar refractivity (Wildman–Crippen MR) is 63.6 cm³/mol. The summed E-state index contributed by atoms with van der Waals surface area (Å²) in [6.07, 6.45) is 2.58. The van der Waals surface area contributed by atoms with Crippen molar-refractivity contribution in [3.8, 4) is 5.75 Å². The number of hydrogen-bond acceptors (Lipinski definition) is 3. The zero-order chi connectivity index (χ0) is 11.4. The van der Waals surface area contributed by atoms with Gasteiger partial charge < -0.3 is 15.2 Å². The van der Waals surface area contributed by atoms with Gasteiger partial charge in [-0.05, 0) is 25.8 Å². The molecule has 0 aromatic heterocycles. The number of nitrogens with one attached hydrogen (secondary N) is 1. The minimum absolute atomic E-state index is 0.0589. The van der Waals surface area contributed by atoms with E-state index in [0.29, 0.717) is 12.6 Å². The lowest BCUT2D eigenvalue weighted by molar-refractivity contribution is 0.200. The van der Waals surface area contributed by atoms with Gasteiger partial charge in [-0.15, -0.1) is 0 Å². The van der Waals surface area contributed by atoms with Crippen LogP contribution in [-0.2, 0) is 6.54 Å². The first-order valence-electron chi connectivity index (χ1n) is 5.86. The second-order valence-electron chi connectivity index (χ2n) is 4.34. The lowest BCUT2D eigenvalue weighted by Crippen LogP contribution is -2.16. The molecule has 3 heteroatoms. The van der Waals surface area contributed by atoms with Gasteiger partial charge in [-0.2, -0.15) is 0 Å². The Morgan fingerprint density at radius 2 is 2.25 bits per heavy atom. The van der Waals surface area contributed by atoms with Crippen molar-refractivity contribution in [2.45, 2.75) is 32.4 Å². The molecule has 2 rings (SSSR count). The number of rotatable bonds is 6. The molecule has 0 aliphatic heterocycles. The Labute approximate surface area is 96.4 Å². The van der Waals surface area contributed by atoms with Gasteiger partial charge in [-0.3, -0.25) is 0 Å². The van der Waals surface area contributed by atoms with Crippen molar-refractivity contribution in [2.75, 3.05) is 13.2 Å². The fraction of sp³-hybridized carbons (Fsp3) is 0.538. The monoisotopic (exact) mass is 221 g/mol. The molecule has 0 bridgehead atoms. The Morgan fingerprint density at radius 3 is 2.94 bits per heavy atom. The first-order chi connectivity index (χ1) is 7.79. The van der Waals surface area contributed by atoms with Crippen LogP contribution in [0.25, 0.3) is 0 Å². The molecular formula is C13H19NO2. The molecular weight excluding hydrogens is 202 g/mol. The highest BCUT2D eigenvalue weighted by Gasteiger charge is 2.20. The first-order valence-corrected chi connectivity index (χ1v) is 5.86. The zero-order valence-electron chi connectivity index (χ0n) is 9.70. The molecule has 2 N–H and O–H groups in total. The van der Waals surface area contributed by atoms with Gasteiger partial charge in [0.05, 0.1) is 6.61 Å². The van der Waals surface area contributed by atoms with E-state index in [1.165, 1.54) is 24.0 Å². The third kappa shape index (κ3) is 3.22. The van der Waals surface area contributed by atoms with Crippen molar-refractivity contribution in [1.82, 2.24) is 5.32 Å². The van der Waals surface area contributed by atoms with E-state index >= 15 is 0 Å². The predicted octanol–water partition coefficient (Wildman–Crippen LogP) is 1.62. The van der Waals surface area contributed by atoms with Gasteiger partial charge in [0.2, 0.25) is 0 Å². The van der Waals surface area contributed by atoms with Gasteiger partial charge in [-0.25, -0.2) is 0 Å². The fourth-order valence-electron chi connectivity index (χ4n) is 1.68. The van der Waals surface area contributed by atoms with E-state index in [9.17, 15) is 0 Å². The van der Waals surface area contributed by atoms with E-state index < -0.39 is 0 Å². The van der Waals surface area contributed by atoms with Gasteiger partial charge in [-0.1, -0.05) is 17.7 Å². The molecule has 0 atom stereocenters. The minimum Gasteiger partial charge on any atom is -0.491 e. The molecule has 1 fully saturated rings. The Kier molecular flexibility index (Phi) is 3.80. The highest BCUT2D eigenvalue weighted by Crippen LogP contribution is 2.23. The van der Waals surface area contributed by atoms with E-state index in [2.05, 4.69) is 18.3 Å². The summed E-state index contributed by atoms with van der Waals surface area (Å²) in [4.78, 5) is 0. The quantitative estimate of drug-likeness (QED) is 0.767. The molecule has 88 valence electrons. The van der Waals surface area contributed by atoms with Crippen LogP contribution in [0.15, 0.2) is 18.2 Å². The largest absolute Gasteiger partial charge is 0.491 e. The Morgan fingerprint density at radius 1 is 1.44 bits per heavy atom. The molecule has 0 amide bonds. The third-order valence-corrected chi connectivity index (χ3v) is 2.72. The van der Waals surface area contributed by atoms with Gasteiger partial charge in [0.1, 0.15) is 12.4 Å². The number of hydrogen-bond donors (Lipinski definition) is 2. The third-order valence-electron chi connectivity index (χ3n) is 2.72. The topological polar surface area (TPSA) is 41.5 Å². The molecule has 1 aromatic carbocycles. The molecule has 16 heavy (non-hydrogen) atoms. The zero-order valence-corrected chi connectivity index (χ0v) is 9.70. The van der Waals surface area contributed by atoms with Crippen LogP contribution in [0.5, 0.6) is 5.75 Å². The second-order valence-corrected chi connectivity index (χ2v) is 4.34. The van der Waals surface area contributed by atoms with Crippen LogP contribution < -0.4 is 10.1 Å². The summed E-state index contributed by atoms with van der Waals surface area (Å²) in [6, 6.07) is 6.86. The maximum Gasteiger partial charge on any atom is 0.123 e. The van der Waals surface area contributed by atoms with Gasteiger partial charge >= 0.3 is 0 Å². The van der Waals surface area contributed by atoms with Gasteiger partial charge in [0, 0.05) is 18.2 Å².